The van der Waals surface area contributed by atoms with E-state index in [2.05, 4.69) is 26.0 Å². The number of rotatable bonds is 8. The molecule has 0 aliphatic heterocycles. The number of methoxy groups -OCH3 is 1. The van der Waals surface area contributed by atoms with E-state index in [1.165, 1.54) is 4.52 Å². The van der Waals surface area contributed by atoms with Gasteiger partial charge in [-0.1, -0.05) is 12.1 Å². The molecule has 4 rings (SSSR count). The standard InChI is InChI=1S/C21H21N7O2/c1-29-9-4-8-27(14-16-6-2-5-15(11-16)13-22)19-12-18(23)28-21(24-19)25-20(26-28)17-7-3-10-30-17/h2-3,5-7,10-12H,4,8-9,14,23H2,1H3. The third-order valence-electron chi connectivity index (χ3n) is 4.60. The lowest BCUT2D eigenvalue weighted by Crippen LogP contribution is -2.26. The van der Waals surface area contributed by atoms with Crippen LogP contribution in [0.3, 0.4) is 0 Å². The summed E-state index contributed by atoms with van der Waals surface area (Å²) in [6, 6.07) is 15.0. The number of hydrogen-bond acceptors (Lipinski definition) is 8. The molecule has 152 valence electrons. The Hall–Kier alpha value is -3.90. The van der Waals surface area contributed by atoms with Gasteiger partial charge in [0.1, 0.15) is 11.6 Å². The van der Waals surface area contributed by atoms with Crippen molar-refractivity contribution in [2.24, 2.45) is 0 Å². The fraction of sp³-hybridized carbons (Fsp3) is 0.238. The molecule has 0 aliphatic rings. The molecule has 1 aromatic carbocycles. The quantitative estimate of drug-likeness (QED) is 0.446. The Morgan fingerprint density at radius 2 is 2.13 bits per heavy atom. The molecular weight excluding hydrogens is 382 g/mol. The van der Waals surface area contributed by atoms with Crippen LogP contribution in [0, 0.1) is 11.3 Å². The first-order valence-electron chi connectivity index (χ1n) is 9.48. The van der Waals surface area contributed by atoms with Crippen molar-refractivity contribution in [3.05, 3.63) is 59.9 Å². The van der Waals surface area contributed by atoms with E-state index in [9.17, 15) is 5.26 Å². The molecule has 0 radical (unpaired) electrons. The average Bonchev–Trinajstić information content (AvgIpc) is 3.43. The van der Waals surface area contributed by atoms with Crippen LogP contribution >= 0.6 is 0 Å². The molecule has 3 aromatic heterocycles. The lowest BCUT2D eigenvalue weighted by atomic mass is 10.1. The van der Waals surface area contributed by atoms with Crippen LogP contribution in [-0.4, -0.2) is 39.8 Å². The van der Waals surface area contributed by atoms with E-state index in [4.69, 9.17) is 14.9 Å². The van der Waals surface area contributed by atoms with Crippen LogP contribution in [0.15, 0.2) is 53.1 Å². The first-order valence-corrected chi connectivity index (χ1v) is 9.48. The number of nitriles is 1. The maximum absolute atomic E-state index is 9.19. The Labute approximate surface area is 173 Å². The highest BCUT2D eigenvalue weighted by Gasteiger charge is 2.16. The Balaban J connectivity index is 1.68. The maximum atomic E-state index is 9.19. The van der Waals surface area contributed by atoms with E-state index >= 15 is 0 Å². The molecule has 0 spiro atoms. The van der Waals surface area contributed by atoms with E-state index in [0.29, 0.717) is 54.3 Å². The van der Waals surface area contributed by atoms with Crippen molar-refractivity contribution in [3.63, 3.8) is 0 Å². The molecule has 3 heterocycles. The van der Waals surface area contributed by atoms with Gasteiger partial charge in [-0.3, -0.25) is 0 Å². The molecule has 9 nitrogen and oxygen atoms in total. The fourth-order valence-electron chi connectivity index (χ4n) is 3.18. The number of benzene rings is 1. The molecule has 0 bridgehead atoms. The largest absolute Gasteiger partial charge is 0.461 e. The lowest BCUT2D eigenvalue weighted by Gasteiger charge is -2.24. The molecule has 0 saturated heterocycles. The summed E-state index contributed by atoms with van der Waals surface area (Å²) in [5.74, 6) is 2.45. The van der Waals surface area contributed by atoms with Gasteiger partial charge in [-0.25, -0.2) is 0 Å². The summed E-state index contributed by atoms with van der Waals surface area (Å²) < 4.78 is 12.1. The predicted molar refractivity (Wildman–Crippen MR) is 112 cm³/mol. The van der Waals surface area contributed by atoms with Crippen molar-refractivity contribution in [2.45, 2.75) is 13.0 Å². The second kappa shape index (κ2) is 8.63. The van der Waals surface area contributed by atoms with Gasteiger partial charge in [0.2, 0.25) is 5.82 Å². The zero-order valence-electron chi connectivity index (χ0n) is 16.5. The molecule has 9 heteroatoms. The van der Waals surface area contributed by atoms with E-state index in [1.54, 1.807) is 37.6 Å². The minimum absolute atomic E-state index is 0.388. The number of anilines is 2. The molecule has 0 aliphatic carbocycles. The van der Waals surface area contributed by atoms with Crippen molar-refractivity contribution in [2.75, 3.05) is 30.9 Å². The van der Waals surface area contributed by atoms with Gasteiger partial charge in [-0.2, -0.15) is 19.7 Å². The summed E-state index contributed by atoms with van der Waals surface area (Å²) in [7, 11) is 1.68. The number of hydrogen-bond donors (Lipinski definition) is 1. The maximum Gasteiger partial charge on any atom is 0.256 e. The zero-order valence-corrected chi connectivity index (χ0v) is 16.5. The van der Waals surface area contributed by atoms with Crippen LogP contribution < -0.4 is 10.6 Å². The summed E-state index contributed by atoms with van der Waals surface area (Å²) in [6.45, 7) is 1.90. The van der Waals surface area contributed by atoms with Crippen LogP contribution in [-0.2, 0) is 11.3 Å². The van der Waals surface area contributed by atoms with Gasteiger partial charge < -0.3 is 19.8 Å². The smallest absolute Gasteiger partial charge is 0.256 e. The number of aromatic nitrogens is 4. The van der Waals surface area contributed by atoms with Crippen LogP contribution in [0.25, 0.3) is 17.4 Å². The minimum Gasteiger partial charge on any atom is -0.461 e. The third kappa shape index (κ3) is 4.09. The monoisotopic (exact) mass is 403 g/mol. The zero-order chi connectivity index (χ0) is 20.9. The number of fused-ring (bicyclic) bond motifs is 1. The SMILES string of the molecule is COCCCN(Cc1cccc(C#N)c1)c1cc(N)n2nc(-c3ccco3)nc2n1. The molecule has 4 aromatic rings. The number of ether oxygens (including phenoxy) is 1. The van der Waals surface area contributed by atoms with E-state index in [1.807, 2.05) is 18.2 Å². The minimum atomic E-state index is 0.388. The summed E-state index contributed by atoms with van der Waals surface area (Å²) in [6.07, 6.45) is 2.38. The van der Waals surface area contributed by atoms with Crippen LogP contribution in [0.1, 0.15) is 17.5 Å². The first kappa shape index (κ1) is 19.4. The van der Waals surface area contributed by atoms with Gasteiger partial charge in [-0.05, 0) is 36.2 Å². The van der Waals surface area contributed by atoms with Crippen LogP contribution in [0.5, 0.6) is 0 Å². The predicted octanol–water partition coefficient (Wildman–Crippen LogP) is 2.88. The Kier molecular flexibility index (Phi) is 5.59. The van der Waals surface area contributed by atoms with Gasteiger partial charge in [-0.15, -0.1) is 5.10 Å². The van der Waals surface area contributed by atoms with E-state index < -0.39 is 0 Å². The lowest BCUT2D eigenvalue weighted by molar-refractivity contribution is 0.196. The molecule has 0 amide bonds. The van der Waals surface area contributed by atoms with E-state index in [0.717, 1.165) is 12.0 Å². The average molecular weight is 403 g/mol. The Morgan fingerprint density at radius 1 is 1.23 bits per heavy atom. The Bertz CT molecular complexity index is 1180. The highest BCUT2D eigenvalue weighted by molar-refractivity contribution is 5.57. The molecule has 0 fully saturated rings. The topological polar surface area (TPSA) is 118 Å². The van der Waals surface area contributed by atoms with Crippen molar-refractivity contribution < 1.29 is 9.15 Å². The second-order valence-electron chi connectivity index (χ2n) is 6.74. The molecule has 0 unspecified atom stereocenters. The summed E-state index contributed by atoms with van der Waals surface area (Å²) in [5, 5.41) is 13.6. The normalized spacial score (nSPS) is 10.9. The van der Waals surface area contributed by atoms with Gasteiger partial charge in [0, 0.05) is 32.9 Å². The first-order chi connectivity index (χ1) is 14.7. The summed E-state index contributed by atoms with van der Waals surface area (Å²) in [4.78, 5) is 11.2. The van der Waals surface area contributed by atoms with Gasteiger partial charge in [0.25, 0.3) is 5.78 Å². The van der Waals surface area contributed by atoms with Crippen molar-refractivity contribution in [3.8, 4) is 17.7 Å². The summed E-state index contributed by atoms with van der Waals surface area (Å²) >= 11 is 0. The van der Waals surface area contributed by atoms with Gasteiger partial charge in [0.15, 0.2) is 5.76 Å². The second-order valence-corrected chi connectivity index (χ2v) is 6.74. The number of nitrogen functional groups attached to an aromatic ring is 1. The van der Waals surface area contributed by atoms with Crippen LogP contribution in [0.4, 0.5) is 11.6 Å². The number of nitrogens with two attached hydrogens (primary N) is 1. The van der Waals surface area contributed by atoms with Crippen LogP contribution in [0.2, 0.25) is 0 Å². The number of furan rings is 1. The van der Waals surface area contributed by atoms with Gasteiger partial charge >= 0.3 is 0 Å². The van der Waals surface area contributed by atoms with E-state index in [-0.39, 0.29) is 0 Å². The molecule has 0 saturated carbocycles. The highest BCUT2D eigenvalue weighted by atomic mass is 16.5. The molecular formula is C21H21N7O2. The molecule has 30 heavy (non-hydrogen) atoms. The van der Waals surface area contributed by atoms with Crippen molar-refractivity contribution in [1.29, 1.82) is 5.26 Å². The van der Waals surface area contributed by atoms with Crippen molar-refractivity contribution >= 4 is 17.4 Å². The Morgan fingerprint density at radius 3 is 2.90 bits per heavy atom. The van der Waals surface area contributed by atoms with Gasteiger partial charge in [0.05, 0.1) is 17.9 Å². The molecule has 2 N–H and O–H groups in total. The highest BCUT2D eigenvalue weighted by Crippen LogP contribution is 2.22. The third-order valence-corrected chi connectivity index (χ3v) is 4.60. The fourth-order valence-corrected chi connectivity index (χ4v) is 3.18. The van der Waals surface area contributed by atoms with Crippen molar-refractivity contribution in [1.82, 2.24) is 19.6 Å². The molecule has 0 atom stereocenters. The summed E-state index contributed by atoms with van der Waals surface area (Å²) in [5.41, 5.74) is 7.87. The number of nitrogens with zero attached hydrogens (tertiary/aromatic N) is 6.